The molecule has 2 rings (SSSR count). The molecule has 0 aliphatic rings. The van der Waals surface area contributed by atoms with Crippen LogP contribution in [0.25, 0.3) is 11.2 Å². The number of aromatic nitrogens is 3. The Kier molecular flexibility index (Phi) is 5.04. The van der Waals surface area contributed by atoms with Gasteiger partial charge in [0.25, 0.3) is 0 Å². The second kappa shape index (κ2) is 6.60. The summed E-state index contributed by atoms with van der Waals surface area (Å²) < 4.78 is 8.05. The molecule has 0 bridgehead atoms. The second-order valence-electron chi connectivity index (χ2n) is 6.36. The van der Waals surface area contributed by atoms with Crippen LogP contribution in [0.4, 0.5) is 0 Å². The van der Waals surface area contributed by atoms with Crippen LogP contribution in [0.2, 0.25) is 0 Å². The first-order chi connectivity index (χ1) is 9.96. The molecule has 0 saturated heterocycles. The van der Waals surface area contributed by atoms with Crippen LogP contribution in [-0.2, 0) is 6.54 Å². The molecule has 2 heterocycles. The fourth-order valence-electron chi connectivity index (χ4n) is 2.63. The quantitative estimate of drug-likeness (QED) is 0.595. The molecule has 0 saturated carbocycles. The Morgan fingerprint density at radius 2 is 2.10 bits per heavy atom. The largest absolute Gasteiger partial charge is 0.481 e. The minimum Gasteiger partial charge on any atom is -0.481 e. The lowest BCUT2D eigenvalue weighted by Crippen LogP contribution is -2.20. The lowest BCUT2D eigenvalue weighted by molar-refractivity contribution is 0.273. The third-order valence-corrected chi connectivity index (χ3v) is 4.17. The fourth-order valence-corrected chi connectivity index (χ4v) is 2.90. The molecule has 1 N–H and O–H groups in total. The summed E-state index contributed by atoms with van der Waals surface area (Å²) >= 11 is 5.46. The highest BCUT2D eigenvalue weighted by molar-refractivity contribution is 7.71. The first-order valence-electron chi connectivity index (χ1n) is 7.60. The number of hydrogen-bond donors (Lipinski definition) is 1. The van der Waals surface area contributed by atoms with Crippen molar-refractivity contribution >= 4 is 23.4 Å². The molecule has 2 aromatic rings. The van der Waals surface area contributed by atoms with Gasteiger partial charge < -0.3 is 14.3 Å². The molecular formula is C16H25N3OS. The highest BCUT2D eigenvalue weighted by Crippen LogP contribution is 2.28. The third kappa shape index (κ3) is 3.84. The lowest BCUT2D eigenvalue weighted by Gasteiger charge is -2.25. The summed E-state index contributed by atoms with van der Waals surface area (Å²) in [4.78, 5) is 7.77. The standard InChI is InChI=1S/C16H25N3OS/c1-5-6-7-10-16(2,3)11-19-14-12(17-15(19)21)8-9-13(18-14)20-4/h8-9H,5-7,10-11H2,1-4H3,(H,17,21). The number of rotatable bonds is 7. The van der Waals surface area contributed by atoms with E-state index in [-0.39, 0.29) is 5.41 Å². The van der Waals surface area contributed by atoms with Gasteiger partial charge in [-0.3, -0.25) is 0 Å². The lowest BCUT2D eigenvalue weighted by atomic mass is 9.87. The van der Waals surface area contributed by atoms with Crippen LogP contribution in [0.15, 0.2) is 12.1 Å². The van der Waals surface area contributed by atoms with Gasteiger partial charge in [-0.25, -0.2) is 0 Å². The monoisotopic (exact) mass is 307 g/mol. The van der Waals surface area contributed by atoms with Gasteiger partial charge in [0.05, 0.1) is 12.6 Å². The molecule has 0 aliphatic heterocycles. The topological polar surface area (TPSA) is 42.8 Å². The van der Waals surface area contributed by atoms with Crippen molar-refractivity contribution < 1.29 is 4.74 Å². The molecule has 116 valence electrons. The van der Waals surface area contributed by atoms with E-state index < -0.39 is 0 Å². The average Bonchev–Trinajstić information content (AvgIpc) is 2.74. The van der Waals surface area contributed by atoms with Gasteiger partial charge in [-0.1, -0.05) is 40.0 Å². The van der Waals surface area contributed by atoms with E-state index in [1.54, 1.807) is 7.11 Å². The summed E-state index contributed by atoms with van der Waals surface area (Å²) in [5, 5.41) is 0. The Balaban J connectivity index is 2.28. The zero-order chi connectivity index (χ0) is 15.5. The first-order valence-corrected chi connectivity index (χ1v) is 8.01. The van der Waals surface area contributed by atoms with Gasteiger partial charge in [0.2, 0.25) is 5.88 Å². The fraction of sp³-hybridized carbons (Fsp3) is 0.625. The van der Waals surface area contributed by atoms with E-state index in [0.29, 0.717) is 5.88 Å². The predicted molar refractivity (Wildman–Crippen MR) is 89.4 cm³/mol. The summed E-state index contributed by atoms with van der Waals surface area (Å²) in [6.07, 6.45) is 4.99. The van der Waals surface area contributed by atoms with Gasteiger partial charge in [-0.2, -0.15) is 4.98 Å². The van der Waals surface area contributed by atoms with E-state index in [2.05, 4.69) is 35.3 Å². The predicted octanol–water partition coefficient (Wildman–Crippen LogP) is 4.71. The van der Waals surface area contributed by atoms with E-state index in [1.165, 1.54) is 25.7 Å². The van der Waals surface area contributed by atoms with Crippen LogP contribution >= 0.6 is 12.2 Å². The molecule has 2 aromatic heterocycles. The molecule has 0 radical (unpaired) electrons. The molecule has 0 atom stereocenters. The van der Waals surface area contributed by atoms with Gasteiger partial charge in [-0.15, -0.1) is 0 Å². The summed E-state index contributed by atoms with van der Waals surface area (Å²) in [5.74, 6) is 0.619. The summed E-state index contributed by atoms with van der Waals surface area (Å²) in [7, 11) is 1.63. The second-order valence-corrected chi connectivity index (χ2v) is 6.75. The van der Waals surface area contributed by atoms with Crippen LogP contribution in [-0.4, -0.2) is 21.6 Å². The van der Waals surface area contributed by atoms with Crippen molar-refractivity contribution in [1.82, 2.24) is 14.5 Å². The van der Waals surface area contributed by atoms with Gasteiger partial charge in [0.1, 0.15) is 0 Å². The van der Waals surface area contributed by atoms with Crippen LogP contribution in [0, 0.1) is 10.2 Å². The molecule has 0 fully saturated rings. The van der Waals surface area contributed by atoms with Crippen molar-refractivity contribution in [2.75, 3.05) is 7.11 Å². The SMILES string of the molecule is CCCCCC(C)(C)Cn1c(=S)[nH]c2ccc(OC)nc21. The number of nitrogens with one attached hydrogen (secondary N) is 1. The smallest absolute Gasteiger partial charge is 0.215 e. The minimum atomic E-state index is 0.202. The van der Waals surface area contributed by atoms with Gasteiger partial charge in [-0.05, 0) is 30.1 Å². The number of methoxy groups -OCH3 is 1. The Morgan fingerprint density at radius 3 is 2.76 bits per heavy atom. The molecule has 4 nitrogen and oxygen atoms in total. The van der Waals surface area contributed by atoms with Crippen LogP contribution < -0.4 is 4.74 Å². The maximum Gasteiger partial charge on any atom is 0.215 e. The number of imidazole rings is 1. The van der Waals surface area contributed by atoms with E-state index in [4.69, 9.17) is 17.0 Å². The van der Waals surface area contributed by atoms with Crippen LogP contribution in [0.5, 0.6) is 5.88 Å². The highest BCUT2D eigenvalue weighted by Gasteiger charge is 2.20. The summed E-state index contributed by atoms with van der Waals surface area (Å²) in [6, 6.07) is 3.82. The minimum absolute atomic E-state index is 0.202. The zero-order valence-electron chi connectivity index (χ0n) is 13.4. The number of pyridine rings is 1. The van der Waals surface area contributed by atoms with E-state index in [9.17, 15) is 0 Å². The molecular weight excluding hydrogens is 282 g/mol. The Hall–Kier alpha value is -1.36. The summed E-state index contributed by atoms with van der Waals surface area (Å²) in [6.45, 7) is 7.70. The van der Waals surface area contributed by atoms with Crippen molar-refractivity contribution in [3.63, 3.8) is 0 Å². The normalized spacial score (nSPS) is 12.0. The third-order valence-electron chi connectivity index (χ3n) is 3.84. The van der Waals surface area contributed by atoms with Crippen molar-refractivity contribution in [3.05, 3.63) is 16.9 Å². The molecule has 0 unspecified atom stereocenters. The van der Waals surface area contributed by atoms with Crippen molar-refractivity contribution in [3.8, 4) is 5.88 Å². The molecule has 21 heavy (non-hydrogen) atoms. The number of ether oxygens (including phenoxy) is 1. The highest BCUT2D eigenvalue weighted by atomic mass is 32.1. The number of unbranched alkanes of at least 4 members (excludes halogenated alkanes) is 2. The number of H-pyrrole nitrogens is 1. The van der Waals surface area contributed by atoms with Crippen LogP contribution in [0.3, 0.4) is 0 Å². The molecule has 0 spiro atoms. The Bertz CT molecular complexity index is 657. The zero-order valence-corrected chi connectivity index (χ0v) is 14.2. The maximum atomic E-state index is 5.46. The van der Waals surface area contributed by atoms with E-state index in [0.717, 1.165) is 22.5 Å². The molecule has 0 aliphatic carbocycles. The number of fused-ring (bicyclic) bond motifs is 1. The molecule has 0 amide bonds. The van der Waals surface area contributed by atoms with Gasteiger partial charge in [0, 0.05) is 12.6 Å². The molecule has 5 heteroatoms. The maximum absolute atomic E-state index is 5.46. The summed E-state index contributed by atoms with van der Waals surface area (Å²) in [5.41, 5.74) is 2.04. The Labute approximate surface area is 131 Å². The van der Waals surface area contributed by atoms with E-state index >= 15 is 0 Å². The number of hydrogen-bond acceptors (Lipinski definition) is 3. The van der Waals surface area contributed by atoms with Gasteiger partial charge in [0.15, 0.2) is 10.4 Å². The van der Waals surface area contributed by atoms with Crippen molar-refractivity contribution in [1.29, 1.82) is 0 Å². The van der Waals surface area contributed by atoms with Crippen LogP contribution in [0.1, 0.15) is 46.5 Å². The number of aromatic amines is 1. The van der Waals surface area contributed by atoms with Gasteiger partial charge >= 0.3 is 0 Å². The first kappa shape index (κ1) is 16.0. The number of nitrogens with zero attached hydrogens (tertiary/aromatic N) is 2. The van der Waals surface area contributed by atoms with Crippen molar-refractivity contribution in [2.45, 2.75) is 53.0 Å². The molecule has 0 aromatic carbocycles. The van der Waals surface area contributed by atoms with Crippen molar-refractivity contribution in [2.24, 2.45) is 5.41 Å². The Morgan fingerprint density at radius 1 is 1.33 bits per heavy atom. The average molecular weight is 307 g/mol. The van der Waals surface area contributed by atoms with E-state index in [1.807, 2.05) is 12.1 Å².